The van der Waals surface area contributed by atoms with Crippen LogP contribution < -0.4 is 0 Å². The molecule has 0 unspecified atom stereocenters. The molecule has 0 bridgehead atoms. The van der Waals surface area contributed by atoms with Crippen molar-refractivity contribution >= 4 is 0 Å². The largest absolute Gasteiger partial charge is 0.390 e. The first-order valence-electron chi connectivity index (χ1n) is 3.48. The molecule has 1 nitrogen and oxygen atoms in total. The van der Waals surface area contributed by atoms with Gasteiger partial charge in [0.25, 0.3) is 0 Å². The maximum atomic E-state index is 9.21. The van der Waals surface area contributed by atoms with Crippen LogP contribution in [0.25, 0.3) is 0 Å². The van der Waals surface area contributed by atoms with Gasteiger partial charge in [-0.3, -0.25) is 0 Å². The minimum absolute atomic E-state index is 0.593. The molecular formula is C8H17O. The molecule has 0 saturated carbocycles. The van der Waals surface area contributed by atoms with Gasteiger partial charge in [0.2, 0.25) is 0 Å². The molecule has 0 aromatic carbocycles. The van der Waals surface area contributed by atoms with Gasteiger partial charge in [0, 0.05) is 0 Å². The number of hydrogen-bond donors (Lipinski definition) is 1. The van der Waals surface area contributed by atoms with Crippen LogP contribution in [0.15, 0.2) is 0 Å². The van der Waals surface area contributed by atoms with Gasteiger partial charge in [-0.05, 0) is 32.6 Å². The summed E-state index contributed by atoms with van der Waals surface area (Å²) in [5.41, 5.74) is -0.593. The van der Waals surface area contributed by atoms with Crippen LogP contribution in [0, 0.1) is 12.3 Å². The molecule has 0 rings (SSSR count). The van der Waals surface area contributed by atoms with E-state index in [1.165, 1.54) is 0 Å². The second-order valence-corrected chi connectivity index (χ2v) is 3.49. The summed E-state index contributed by atoms with van der Waals surface area (Å²) in [5.74, 6) is 0.649. The summed E-state index contributed by atoms with van der Waals surface area (Å²) in [6.45, 7) is 7.88. The first-order chi connectivity index (χ1) is 3.92. The molecule has 0 fully saturated rings. The van der Waals surface area contributed by atoms with Crippen LogP contribution in [0.5, 0.6) is 0 Å². The molecular weight excluding hydrogens is 112 g/mol. The Bertz CT molecular complexity index is 69.1. The van der Waals surface area contributed by atoms with Crippen LogP contribution >= 0.6 is 0 Å². The van der Waals surface area contributed by atoms with Gasteiger partial charge >= 0.3 is 0 Å². The van der Waals surface area contributed by atoms with Crippen molar-refractivity contribution in [1.82, 2.24) is 0 Å². The lowest BCUT2D eigenvalue weighted by Crippen LogP contribution is -2.19. The van der Waals surface area contributed by atoms with Gasteiger partial charge in [-0.2, -0.15) is 0 Å². The Balaban J connectivity index is 3.28. The molecule has 0 atom stereocenters. The Kier molecular flexibility index (Phi) is 3.20. The molecule has 0 aromatic rings. The monoisotopic (exact) mass is 129 g/mol. The zero-order chi connectivity index (χ0) is 7.49. The van der Waals surface area contributed by atoms with E-state index < -0.39 is 5.60 Å². The third kappa shape index (κ3) is 7.96. The van der Waals surface area contributed by atoms with E-state index in [0.717, 1.165) is 6.42 Å². The Hall–Kier alpha value is -0.0400. The highest BCUT2D eigenvalue weighted by atomic mass is 16.3. The highest BCUT2D eigenvalue weighted by Gasteiger charge is 2.12. The second-order valence-electron chi connectivity index (χ2n) is 3.49. The Morgan fingerprint density at radius 1 is 1.44 bits per heavy atom. The van der Waals surface area contributed by atoms with Gasteiger partial charge in [-0.15, -0.1) is 0 Å². The van der Waals surface area contributed by atoms with Gasteiger partial charge in [0.05, 0.1) is 5.60 Å². The quantitative estimate of drug-likeness (QED) is 0.618. The van der Waals surface area contributed by atoms with Crippen LogP contribution in [0.4, 0.5) is 0 Å². The molecule has 0 spiro atoms. The van der Waals surface area contributed by atoms with E-state index in [0.29, 0.717) is 5.92 Å². The van der Waals surface area contributed by atoms with Crippen LogP contribution in [0.2, 0.25) is 0 Å². The predicted molar refractivity (Wildman–Crippen MR) is 40.1 cm³/mol. The lowest BCUT2D eigenvalue weighted by Gasteiger charge is -2.17. The fourth-order valence-corrected chi connectivity index (χ4v) is 0.524. The third-order valence-corrected chi connectivity index (χ3v) is 1.09. The first kappa shape index (κ1) is 8.96. The zero-order valence-corrected chi connectivity index (χ0v) is 6.81. The normalized spacial score (nSPS) is 12.7. The molecule has 0 aliphatic heterocycles. The van der Waals surface area contributed by atoms with Crippen molar-refractivity contribution < 1.29 is 5.11 Å². The zero-order valence-electron chi connectivity index (χ0n) is 6.81. The summed E-state index contributed by atoms with van der Waals surface area (Å²) in [5, 5.41) is 9.21. The molecule has 0 aliphatic rings. The minimum atomic E-state index is -0.593. The van der Waals surface area contributed by atoms with Crippen LogP contribution in [0.1, 0.15) is 34.1 Å². The molecule has 0 aliphatic carbocycles. The van der Waals surface area contributed by atoms with Gasteiger partial charge in [0.1, 0.15) is 0 Å². The number of hydrogen-bond acceptors (Lipinski definition) is 1. The molecule has 9 heavy (non-hydrogen) atoms. The summed E-state index contributed by atoms with van der Waals surface area (Å²) in [7, 11) is 0. The highest BCUT2D eigenvalue weighted by molar-refractivity contribution is 4.84. The summed E-state index contributed by atoms with van der Waals surface area (Å²) in [6.07, 6.45) is 2.93. The average molecular weight is 129 g/mol. The van der Waals surface area contributed by atoms with E-state index in [1.807, 2.05) is 6.42 Å². The van der Waals surface area contributed by atoms with E-state index in [1.54, 1.807) is 13.8 Å². The van der Waals surface area contributed by atoms with E-state index in [2.05, 4.69) is 13.8 Å². The van der Waals surface area contributed by atoms with Gasteiger partial charge < -0.3 is 5.11 Å². The standard InChI is InChI=1S/C8H17O/c1-7(2)5-6-8(3,4)9/h6-7,9H,5H2,1-4H3. The molecule has 0 amide bonds. The third-order valence-electron chi connectivity index (χ3n) is 1.09. The lowest BCUT2D eigenvalue weighted by molar-refractivity contribution is 0.109. The van der Waals surface area contributed by atoms with E-state index in [9.17, 15) is 5.11 Å². The van der Waals surface area contributed by atoms with Crippen molar-refractivity contribution in [2.75, 3.05) is 0 Å². The van der Waals surface area contributed by atoms with E-state index in [4.69, 9.17) is 0 Å². The topological polar surface area (TPSA) is 20.2 Å². The summed E-state index contributed by atoms with van der Waals surface area (Å²) in [6, 6.07) is 0. The fourth-order valence-electron chi connectivity index (χ4n) is 0.524. The van der Waals surface area contributed by atoms with Crippen molar-refractivity contribution in [2.24, 2.45) is 5.92 Å². The van der Waals surface area contributed by atoms with Crippen molar-refractivity contribution in [3.8, 4) is 0 Å². The van der Waals surface area contributed by atoms with Gasteiger partial charge in [-0.1, -0.05) is 13.8 Å². The van der Waals surface area contributed by atoms with Crippen molar-refractivity contribution in [1.29, 1.82) is 0 Å². The van der Waals surface area contributed by atoms with Gasteiger partial charge in [0.15, 0.2) is 0 Å². The first-order valence-corrected chi connectivity index (χ1v) is 3.48. The number of aliphatic hydroxyl groups is 1. The summed E-state index contributed by atoms with van der Waals surface area (Å²) in [4.78, 5) is 0. The molecule has 0 heterocycles. The fraction of sp³-hybridized carbons (Fsp3) is 0.875. The maximum Gasteiger partial charge on any atom is 0.0623 e. The predicted octanol–water partition coefficient (Wildman–Crippen LogP) is 2.01. The Morgan fingerprint density at radius 2 is 1.89 bits per heavy atom. The van der Waals surface area contributed by atoms with Gasteiger partial charge in [-0.25, -0.2) is 0 Å². The Labute approximate surface area is 58.1 Å². The molecule has 0 saturated heterocycles. The molecule has 1 radical (unpaired) electrons. The molecule has 0 aromatic heterocycles. The van der Waals surface area contributed by atoms with Crippen LogP contribution in [-0.4, -0.2) is 10.7 Å². The second kappa shape index (κ2) is 3.21. The van der Waals surface area contributed by atoms with E-state index in [-0.39, 0.29) is 0 Å². The lowest BCUT2D eigenvalue weighted by atomic mass is 9.97. The SMILES string of the molecule is CC(C)C[CH]C(C)(C)O. The van der Waals surface area contributed by atoms with Crippen LogP contribution in [0.3, 0.4) is 0 Å². The Morgan fingerprint density at radius 3 is 2.00 bits per heavy atom. The summed E-state index contributed by atoms with van der Waals surface area (Å²) < 4.78 is 0. The van der Waals surface area contributed by atoms with E-state index >= 15 is 0 Å². The molecule has 55 valence electrons. The molecule has 1 heteroatoms. The smallest absolute Gasteiger partial charge is 0.0623 e. The summed E-state index contributed by atoms with van der Waals surface area (Å²) >= 11 is 0. The maximum absolute atomic E-state index is 9.21. The van der Waals surface area contributed by atoms with Crippen LogP contribution in [-0.2, 0) is 0 Å². The van der Waals surface area contributed by atoms with Crippen molar-refractivity contribution in [3.05, 3.63) is 6.42 Å². The average Bonchev–Trinajstić information content (AvgIpc) is 1.59. The highest BCUT2D eigenvalue weighted by Crippen LogP contribution is 2.13. The minimum Gasteiger partial charge on any atom is -0.390 e. The van der Waals surface area contributed by atoms with Crippen molar-refractivity contribution in [3.63, 3.8) is 0 Å². The number of rotatable bonds is 3. The molecule has 1 N–H and O–H groups in total. The van der Waals surface area contributed by atoms with Crippen molar-refractivity contribution in [2.45, 2.75) is 39.7 Å².